The predicted molar refractivity (Wildman–Crippen MR) is 130 cm³/mol. The number of benzene rings is 3. The smallest absolute Gasteiger partial charge is 0.246 e. The molecule has 168 valence electrons. The highest BCUT2D eigenvalue weighted by molar-refractivity contribution is 5.98. The molecule has 0 aromatic heterocycles. The van der Waals surface area contributed by atoms with Crippen molar-refractivity contribution in [2.24, 2.45) is 0 Å². The summed E-state index contributed by atoms with van der Waals surface area (Å²) in [6.45, 7) is 2.04. The van der Waals surface area contributed by atoms with Crippen LogP contribution in [0.15, 0.2) is 91.0 Å². The van der Waals surface area contributed by atoms with Crippen LogP contribution in [0.1, 0.15) is 29.9 Å². The average molecular weight is 440 g/mol. The molecule has 0 saturated carbocycles. The Bertz CT molecular complexity index is 1050. The zero-order chi connectivity index (χ0) is 22.7. The van der Waals surface area contributed by atoms with Crippen molar-refractivity contribution in [3.8, 4) is 0 Å². The molecule has 2 saturated heterocycles. The van der Waals surface area contributed by atoms with E-state index in [1.807, 2.05) is 59.5 Å². The third-order valence-electron chi connectivity index (χ3n) is 7.12. The second kappa shape index (κ2) is 9.10. The van der Waals surface area contributed by atoms with Crippen LogP contribution in [0.4, 0.5) is 5.69 Å². The van der Waals surface area contributed by atoms with Crippen molar-refractivity contribution >= 4 is 17.5 Å². The maximum absolute atomic E-state index is 13.3. The highest BCUT2D eigenvalue weighted by atomic mass is 16.2. The van der Waals surface area contributed by atoms with Crippen molar-refractivity contribution in [1.82, 2.24) is 10.2 Å². The maximum atomic E-state index is 13.3. The van der Waals surface area contributed by atoms with Gasteiger partial charge in [-0.3, -0.25) is 9.59 Å². The molecule has 1 spiro atoms. The van der Waals surface area contributed by atoms with E-state index in [9.17, 15) is 9.59 Å². The fraction of sp³-hybridized carbons (Fsp3) is 0.286. The lowest BCUT2D eigenvalue weighted by Crippen LogP contribution is -2.70. The molecule has 2 aliphatic heterocycles. The first-order chi connectivity index (χ1) is 16.2. The number of nitrogens with zero attached hydrogens (tertiary/aromatic N) is 2. The molecule has 2 fully saturated rings. The van der Waals surface area contributed by atoms with Crippen molar-refractivity contribution in [2.45, 2.75) is 24.3 Å². The molecule has 3 aromatic carbocycles. The van der Waals surface area contributed by atoms with Crippen molar-refractivity contribution < 1.29 is 9.59 Å². The lowest BCUT2D eigenvalue weighted by molar-refractivity contribution is -0.155. The molecule has 2 amide bonds. The highest BCUT2D eigenvalue weighted by Gasteiger charge is 2.51. The number of para-hydroxylation sites is 1. The van der Waals surface area contributed by atoms with E-state index < -0.39 is 5.54 Å². The van der Waals surface area contributed by atoms with Gasteiger partial charge in [0.25, 0.3) is 0 Å². The van der Waals surface area contributed by atoms with E-state index in [1.54, 1.807) is 0 Å². The van der Waals surface area contributed by atoms with Gasteiger partial charge in [0.05, 0.1) is 6.54 Å². The zero-order valence-corrected chi connectivity index (χ0v) is 18.7. The third-order valence-corrected chi connectivity index (χ3v) is 7.12. The van der Waals surface area contributed by atoms with Crippen LogP contribution in [0.2, 0.25) is 0 Å². The first-order valence-corrected chi connectivity index (χ1v) is 11.7. The Morgan fingerprint density at radius 1 is 0.758 bits per heavy atom. The minimum atomic E-state index is -0.803. The fourth-order valence-electron chi connectivity index (χ4n) is 5.28. The van der Waals surface area contributed by atoms with Gasteiger partial charge < -0.3 is 15.1 Å². The van der Waals surface area contributed by atoms with Crippen LogP contribution < -0.4 is 10.2 Å². The number of hydrogen-bond acceptors (Lipinski definition) is 3. The Morgan fingerprint density at radius 3 is 1.82 bits per heavy atom. The molecule has 5 nitrogen and oxygen atoms in total. The molecule has 0 radical (unpaired) electrons. The summed E-state index contributed by atoms with van der Waals surface area (Å²) in [4.78, 5) is 30.8. The van der Waals surface area contributed by atoms with Gasteiger partial charge in [-0.1, -0.05) is 78.9 Å². The van der Waals surface area contributed by atoms with Crippen LogP contribution in [0, 0.1) is 0 Å². The summed E-state index contributed by atoms with van der Waals surface area (Å²) in [5.74, 6) is -0.0133. The number of rotatable bonds is 5. The number of nitrogens with one attached hydrogen (secondary N) is 1. The Hall–Kier alpha value is -3.60. The van der Waals surface area contributed by atoms with Gasteiger partial charge in [0.2, 0.25) is 11.8 Å². The van der Waals surface area contributed by atoms with Crippen molar-refractivity contribution in [3.05, 3.63) is 102 Å². The molecule has 33 heavy (non-hydrogen) atoms. The standard InChI is InChI=1S/C28H29N3O2/c32-26-20-29-27(33)28(16-18-30(19-17-28)24-14-8-3-9-15-24)31(26)21-25(22-10-4-1-5-11-22)23-12-6-2-7-13-23/h1-15,25H,16-21H2,(H,29,33). The van der Waals surface area contributed by atoms with E-state index in [0.29, 0.717) is 19.4 Å². The molecule has 0 aliphatic carbocycles. The largest absolute Gasteiger partial charge is 0.371 e. The van der Waals surface area contributed by atoms with Gasteiger partial charge in [-0.25, -0.2) is 0 Å². The van der Waals surface area contributed by atoms with Crippen LogP contribution in [0.5, 0.6) is 0 Å². The number of carbonyl (C=O) groups excluding carboxylic acids is 2. The average Bonchev–Trinajstić information content (AvgIpc) is 2.88. The van der Waals surface area contributed by atoms with Gasteiger partial charge in [-0.2, -0.15) is 0 Å². The molecule has 0 unspecified atom stereocenters. The molecule has 3 aromatic rings. The second-order valence-corrected chi connectivity index (χ2v) is 8.92. The molecule has 5 heteroatoms. The van der Waals surface area contributed by atoms with Gasteiger partial charge in [0, 0.05) is 31.2 Å². The van der Waals surface area contributed by atoms with E-state index in [4.69, 9.17) is 0 Å². The summed E-state index contributed by atoms with van der Waals surface area (Å²) in [7, 11) is 0. The molecular formula is C28H29N3O2. The van der Waals surface area contributed by atoms with E-state index in [1.165, 1.54) is 0 Å². The summed E-state index contributed by atoms with van der Waals surface area (Å²) in [5, 5.41) is 2.88. The Balaban J connectivity index is 1.46. The number of anilines is 1. The van der Waals surface area contributed by atoms with E-state index in [-0.39, 0.29) is 24.3 Å². The maximum Gasteiger partial charge on any atom is 0.246 e. The Kier molecular flexibility index (Phi) is 5.86. The summed E-state index contributed by atoms with van der Waals surface area (Å²) in [6, 6.07) is 30.9. The highest BCUT2D eigenvalue weighted by Crippen LogP contribution is 2.36. The van der Waals surface area contributed by atoms with Gasteiger partial charge in [-0.15, -0.1) is 0 Å². The molecule has 0 bridgehead atoms. The molecule has 0 atom stereocenters. The third kappa shape index (κ3) is 4.11. The summed E-state index contributed by atoms with van der Waals surface area (Å²) < 4.78 is 0. The monoisotopic (exact) mass is 439 g/mol. The zero-order valence-electron chi connectivity index (χ0n) is 18.7. The van der Waals surface area contributed by atoms with Crippen molar-refractivity contribution in [2.75, 3.05) is 31.1 Å². The number of piperazine rings is 1. The minimum Gasteiger partial charge on any atom is -0.371 e. The van der Waals surface area contributed by atoms with Crippen molar-refractivity contribution in [3.63, 3.8) is 0 Å². The van der Waals surface area contributed by atoms with Crippen LogP contribution in [-0.4, -0.2) is 48.4 Å². The fourth-order valence-corrected chi connectivity index (χ4v) is 5.28. The Labute approximate surface area is 195 Å². The van der Waals surface area contributed by atoms with Gasteiger partial charge in [0.1, 0.15) is 5.54 Å². The van der Waals surface area contributed by atoms with E-state index in [2.05, 4.69) is 46.6 Å². The van der Waals surface area contributed by atoms with Crippen LogP contribution in [0.3, 0.4) is 0 Å². The molecule has 2 heterocycles. The topological polar surface area (TPSA) is 52.7 Å². The lowest BCUT2D eigenvalue weighted by Gasteiger charge is -2.51. The van der Waals surface area contributed by atoms with Gasteiger partial charge >= 0.3 is 0 Å². The second-order valence-electron chi connectivity index (χ2n) is 8.92. The Morgan fingerprint density at radius 2 is 1.27 bits per heavy atom. The normalized spacial score (nSPS) is 18.0. The molecular weight excluding hydrogens is 410 g/mol. The number of hydrogen-bond donors (Lipinski definition) is 1. The van der Waals surface area contributed by atoms with Crippen LogP contribution >= 0.6 is 0 Å². The van der Waals surface area contributed by atoms with Crippen molar-refractivity contribution in [1.29, 1.82) is 0 Å². The molecule has 5 rings (SSSR count). The number of piperidine rings is 1. The van der Waals surface area contributed by atoms with Gasteiger partial charge in [0.15, 0.2) is 0 Å². The summed E-state index contributed by atoms with van der Waals surface area (Å²) in [6.07, 6.45) is 1.24. The summed E-state index contributed by atoms with van der Waals surface area (Å²) in [5.41, 5.74) is 2.66. The molecule has 2 aliphatic rings. The van der Waals surface area contributed by atoms with E-state index >= 15 is 0 Å². The number of amides is 2. The number of carbonyl (C=O) groups is 2. The first-order valence-electron chi connectivity index (χ1n) is 11.7. The molecule has 1 N–H and O–H groups in total. The minimum absolute atomic E-state index is 0.000349. The summed E-state index contributed by atoms with van der Waals surface area (Å²) >= 11 is 0. The SMILES string of the molecule is O=C1CNC(=O)C2(CCN(c3ccccc3)CC2)N1CC(c1ccccc1)c1ccccc1. The van der Waals surface area contributed by atoms with Crippen LogP contribution in [-0.2, 0) is 9.59 Å². The lowest BCUT2D eigenvalue weighted by atomic mass is 9.80. The van der Waals surface area contributed by atoms with Crippen LogP contribution in [0.25, 0.3) is 0 Å². The quantitative estimate of drug-likeness (QED) is 0.658. The van der Waals surface area contributed by atoms with Gasteiger partial charge in [-0.05, 0) is 36.1 Å². The van der Waals surface area contributed by atoms with E-state index in [0.717, 1.165) is 29.9 Å². The first kappa shape index (κ1) is 21.3. The predicted octanol–water partition coefficient (Wildman–Crippen LogP) is 3.82.